The van der Waals surface area contributed by atoms with Gasteiger partial charge in [-0.3, -0.25) is 4.79 Å². The molecule has 2 aliphatic rings. The molecule has 4 rings (SSSR count). The SMILES string of the molecule is O=C(N1CCC[C@@H](COc2ccc(C(F)(F)F)cc2)C1)C1(c2ccc(Cl)cc2)CCC1. The first-order chi connectivity index (χ1) is 14.8. The monoisotopic (exact) mass is 451 g/mol. The highest BCUT2D eigenvalue weighted by atomic mass is 35.5. The van der Waals surface area contributed by atoms with Gasteiger partial charge in [0.1, 0.15) is 5.75 Å². The summed E-state index contributed by atoms with van der Waals surface area (Å²) < 4.78 is 43.9. The number of alkyl halides is 3. The van der Waals surface area contributed by atoms with Gasteiger partial charge in [-0.2, -0.15) is 13.2 Å². The van der Waals surface area contributed by atoms with E-state index in [4.69, 9.17) is 16.3 Å². The molecule has 166 valence electrons. The van der Waals surface area contributed by atoms with Gasteiger partial charge in [0, 0.05) is 24.0 Å². The molecule has 1 saturated heterocycles. The number of amides is 1. The Morgan fingerprint density at radius 2 is 1.74 bits per heavy atom. The number of carbonyl (C=O) groups is 1. The zero-order valence-corrected chi connectivity index (χ0v) is 17.9. The van der Waals surface area contributed by atoms with Crippen molar-refractivity contribution in [1.29, 1.82) is 0 Å². The summed E-state index contributed by atoms with van der Waals surface area (Å²) in [5.41, 5.74) is -0.126. The minimum atomic E-state index is -4.36. The Morgan fingerprint density at radius 1 is 1.06 bits per heavy atom. The molecule has 31 heavy (non-hydrogen) atoms. The fourth-order valence-electron chi connectivity index (χ4n) is 4.57. The van der Waals surface area contributed by atoms with E-state index in [2.05, 4.69) is 0 Å². The Balaban J connectivity index is 1.38. The molecule has 7 heteroatoms. The van der Waals surface area contributed by atoms with Crippen molar-refractivity contribution in [2.75, 3.05) is 19.7 Å². The maximum absolute atomic E-state index is 13.5. The van der Waals surface area contributed by atoms with Crippen molar-refractivity contribution in [3.8, 4) is 5.75 Å². The number of likely N-dealkylation sites (tertiary alicyclic amines) is 1. The Bertz CT molecular complexity index is 908. The smallest absolute Gasteiger partial charge is 0.416 e. The van der Waals surface area contributed by atoms with E-state index in [9.17, 15) is 18.0 Å². The van der Waals surface area contributed by atoms with E-state index in [0.717, 1.165) is 56.3 Å². The second-order valence-electron chi connectivity index (χ2n) is 8.54. The second-order valence-corrected chi connectivity index (χ2v) is 8.97. The molecule has 0 spiro atoms. The molecule has 0 unspecified atom stereocenters. The number of benzene rings is 2. The van der Waals surface area contributed by atoms with Gasteiger partial charge in [0.25, 0.3) is 0 Å². The molecule has 1 amide bonds. The normalized spacial score (nSPS) is 20.8. The molecule has 1 atom stereocenters. The zero-order valence-electron chi connectivity index (χ0n) is 17.1. The summed E-state index contributed by atoms with van der Waals surface area (Å²) >= 11 is 6.02. The number of hydrogen-bond donors (Lipinski definition) is 0. The predicted molar refractivity (Wildman–Crippen MR) is 113 cm³/mol. The van der Waals surface area contributed by atoms with Crippen LogP contribution in [0, 0.1) is 5.92 Å². The number of hydrogen-bond acceptors (Lipinski definition) is 2. The molecular weight excluding hydrogens is 427 g/mol. The largest absolute Gasteiger partial charge is 0.493 e. The molecule has 2 aromatic carbocycles. The predicted octanol–water partition coefficient (Wildman–Crippen LogP) is 6.10. The number of rotatable bonds is 5. The molecule has 0 N–H and O–H groups in total. The molecule has 0 aromatic heterocycles. The fourth-order valence-corrected chi connectivity index (χ4v) is 4.69. The number of carbonyl (C=O) groups excluding carboxylic acids is 1. The van der Waals surface area contributed by atoms with Gasteiger partial charge in [0.15, 0.2) is 0 Å². The van der Waals surface area contributed by atoms with Gasteiger partial charge < -0.3 is 9.64 Å². The van der Waals surface area contributed by atoms with Crippen LogP contribution >= 0.6 is 11.6 Å². The summed E-state index contributed by atoms with van der Waals surface area (Å²) in [4.78, 5) is 15.4. The van der Waals surface area contributed by atoms with Crippen LogP contribution in [-0.2, 0) is 16.4 Å². The van der Waals surface area contributed by atoms with Crippen molar-refractivity contribution >= 4 is 17.5 Å². The summed E-state index contributed by atoms with van der Waals surface area (Å²) in [6.07, 6.45) is 0.183. The molecule has 2 fully saturated rings. The van der Waals surface area contributed by atoms with Crippen molar-refractivity contribution in [3.05, 3.63) is 64.7 Å². The molecule has 1 aliphatic carbocycles. The lowest BCUT2D eigenvalue weighted by Gasteiger charge is -2.46. The van der Waals surface area contributed by atoms with Crippen LogP contribution in [0.3, 0.4) is 0 Å². The van der Waals surface area contributed by atoms with E-state index in [1.54, 1.807) is 0 Å². The fraction of sp³-hybridized carbons (Fsp3) is 0.458. The van der Waals surface area contributed by atoms with E-state index in [1.165, 1.54) is 12.1 Å². The van der Waals surface area contributed by atoms with E-state index in [0.29, 0.717) is 23.9 Å². The number of halogens is 4. The number of nitrogens with zero attached hydrogens (tertiary/aromatic N) is 1. The quantitative estimate of drug-likeness (QED) is 0.550. The van der Waals surface area contributed by atoms with Crippen LogP contribution in [0.1, 0.15) is 43.2 Å². The van der Waals surface area contributed by atoms with Gasteiger partial charge in [-0.05, 0) is 67.6 Å². The zero-order chi connectivity index (χ0) is 22.1. The Hall–Kier alpha value is -2.21. The summed E-state index contributed by atoms with van der Waals surface area (Å²) in [7, 11) is 0. The molecular formula is C24H25ClF3NO2. The number of piperidine rings is 1. The van der Waals surface area contributed by atoms with E-state index in [1.807, 2.05) is 29.2 Å². The molecule has 0 radical (unpaired) electrons. The maximum atomic E-state index is 13.5. The lowest BCUT2D eigenvalue weighted by Crippen LogP contribution is -2.54. The number of ether oxygens (including phenoxy) is 1. The Labute approximate surface area is 185 Å². The lowest BCUT2D eigenvalue weighted by atomic mass is 9.63. The third-order valence-electron chi connectivity index (χ3n) is 6.49. The van der Waals surface area contributed by atoms with Gasteiger partial charge in [-0.25, -0.2) is 0 Å². The summed E-state index contributed by atoms with van der Waals surface area (Å²) in [5.74, 6) is 0.732. The lowest BCUT2D eigenvalue weighted by molar-refractivity contribution is -0.143. The van der Waals surface area contributed by atoms with Crippen molar-refractivity contribution < 1.29 is 22.7 Å². The van der Waals surface area contributed by atoms with Crippen LogP contribution in [0.25, 0.3) is 0 Å². The summed E-state index contributed by atoms with van der Waals surface area (Å²) in [6, 6.07) is 12.3. The van der Waals surface area contributed by atoms with Gasteiger partial charge >= 0.3 is 6.18 Å². The van der Waals surface area contributed by atoms with E-state index < -0.39 is 17.2 Å². The van der Waals surface area contributed by atoms with Crippen molar-refractivity contribution in [3.63, 3.8) is 0 Å². The van der Waals surface area contributed by atoms with Gasteiger partial charge in [0.2, 0.25) is 5.91 Å². The van der Waals surface area contributed by atoms with Crippen LogP contribution in [0.2, 0.25) is 5.02 Å². The molecule has 1 saturated carbocycles. The first-order valence-corrected chi connectivity index (χ1v) is 11.0. The average Bonchev–Trinajstić information content (AvgIpc) is 2.72. The van der Waals surface area contributed by atoms with Crippen LogP contribution in [0.4, 0.5) is 13.2 Å². The standard InChI is InChI=1S/C24H25ClF3NO2/c25-20-8-4-18(5-9-20)23(12-2-13-23)22(30)29-14-1-3-17(15-29)16-31-21-10-6-19(7-11-21)24(26,27)28/h4-11,17H,1-3,12-16H2/t17-/m1/s1. The Morgan fingerprint density at radius 3 is 2.32 bits per heavy atom. The highest BCUT2D eigenvalue weighted by molar-refractivity contribution is 6.30. The average molecular weight is 452 g/mol. The highest BCUT2D eigenvalue weighted by Gasteiger charge is 2.48. The first-order valence-electron chi connectivity index (χ1n) is 10.6. The van der Waals surface area contributed by atoms with Crippen LogP contribution in [0.5, 0.6) is 5.75 Å². The van der Waals surface area contributed by atoms with Crippen LogP contribution in [0.15, 0.2) is 48.5 Å². The minimum Gasteiger partial charge on any atom is -0.493 e. The minimum absolute atomic E-state index is 0.155. The Kier molecular flexibility index (Phi) is 6.20. The van der Waals surface area contributed by atoms with Crippen molar-refractivity contribution in [1.82, 2.24) is 4.90 Å². The van der Waals surface area contributed by atoms with Gasteiger partial charge in [-0.1, -0.05) is 30.2 Å². The van der Waals surface area contributed by atoms with Crippen molar-refractivity contribution in [2.45, 2.75) is 43.7 Å². The van der Waals surface area contributed by atoms with E-state index in [-0.39, 0.29) is 11.8 Å². The molecule has 0 bridgehead atoms. The third-order valence-corrected chi connectivity index (χ3v) is 6.74. The van der Waals surface area contributed by atoms with E-state index >= 15 is 0 Å². The molecule has 1 aliphatic heterocycles. The van der Waals surface area contributed by atoms with Gasteiger partial charge in [-0.15, -0.1) is 0 Å². The maximum Gasteiger partial charge on any atom is 0.416 e. The molecule has 1 heterocycles. The first kappa shape index (κ1) is 22.0. The second kappa shape index (κ2) is 8.73. The highest BCUT2D eigenvalue weighted by Crippen LogP contribution is 2.46. The molecule has 3 nitrogen and oxygen atoms in total. The van der Waals surface area contributed by atoms with Gasteiger partial charge in [0.05, 0.1) is 17.6 Å². The topological polar surface area (TPSA) is 29.5 Å². The van der Waals surface area contributed by atoms with Crippen LogP contribution < -0.4 is 4.74 Å². The van der Waals surface area contributed by atoms with Crippen LogP contribution in [-0.4, -0.2) is 30.5 Å². The van der Waals surface area contributed by atoms with Crippen molar-refractivity contribution in [2.24, 2.45) is 5.92 Å². The third kappa shape index (κ3) is 4.69. The summed E-state index contributed by atoms with van der Waals surface area (Å²) in [5, 5.41) is 0.657. The molecule has 2 aromatic rings. The summed E-state index contributed by atoms with van der Waals surface area (Å²) in [6.45, 7) is 1.71.